The van der Waals surface area contributed by atoms with Crippen molar-refractivity contribution in [3.8, 4) is 0 Å². The van der Waals surface area contributed by atoms with E-state index in [9.17, 15) is 27.4 Å². The van der Waals surface area contributed by atoms with Crippen LogP contribution in [0.1, 0.15) is 65.1 Å². The topological polar surface area (TPSA) is 190 Å². The van der Waals surface area contributed by atoms with Crippen molar-refractivity contribution in [3.05, 3.63) is 52.6 Å². The maximum Gasteiger partial charge on any atom is 0.397 e. The molecule has 0 radical (unpaired) electrons. The Bertz CT molecular complexity index is 1880. The van der Waals surface area contributed by atoms with E-state index in [0.29, 0.717) is 0 Å². The normalized spacial score (nSPS) is 20.9. The van der Waals surface area contributed by atoms with Crippen LogP contribution in [-0.2, 0) is 33.0 Å². The van der Waals surface area contributed by atoms with Crippen molar-refractivity contribution in [3.63, 3.8) is 0 Å². The SMILES string of the molecule is CC(=O)Nc1nc2c(ncn2C2OC(CO[Si](C)(C)C(C)(C)C)C(OS(=O)(=O)O)C2O[Si](C)(C)C(C)(C)C)c(=O)n1C(=O)c1ccccc1. The molecule has 18 heteroatoms. The minimum atomic E-state index is -5.02. The molecule has 0 spiro atoms. The first-order valence-corrected chi connectivity index (χ1v) is 23.0. The Morgan fingerprint density at radius 2 is 1.59 bits per heavy atom. The number of carbonyl (C=O) groups excluding carboxylic acids is 2. The lowest BCUT2D eigenvalue weighted by Gasteiger charge is -2.40. The highest BCUT2D eigenvalue weighted by Crippen LogP contribution is 2.44. The summed E-state index contributed by atoms with van der Waals surface area (Å²) in [7, 11) is -10.1. The summed E-state index contributed by atoms with van der Waals surface area (Å²) in [6.45, 7) is 21.2. The molecule has 4 atom stereocenters. The average Bonchev–Trinajstić information content (AvgIpc) is 3.51. The summed E-state index contributed by atoms with van der Waals surface area (Å²) in [6.07, 6.45) is -3.55. The van der Waals surface area contributed by atoms with Crippen LogP contribution in [0, 0.1) is 0 Å². The summed E-state index contributed by atoms with van der Waals surface area (Å²) >= 11 is 0. The minimum absolute atomic E-state index is 0.0729. The number of anilines is 1. The van der Waals surface area contributed by atoms with Crippen molar-refractivity contribution >= 4 is 56.0 Å². The smallest absolute Gasteiger partial charge is 0.397 e. The highest BCUT2D eigenvalue weighted by molar-refractivity contribution is 7.80. The second-order valence-electron chi connectivity index (χ2n) is 15.2. The maximum absolute atomic E-state index is 13.9. The zero-order chi connectivity index (χ0) is 36.9. The molecule has 3 aromatic rings. The molecule has 4 rings (SSSR count). The fourth-order valence-electron chi connectivity index (χ4n) is 4.77. The van der Waals surface area contributed by atoms with Crippen molar-refractivity contribution in [1.82, 2.24) is 19.1 Å². The second-order valence-corrected chi connectivity index (χ2v) is 25.8. The molecule has 1 aliphatic rings. The molecule has 1 aliphatic heterocycles. The fourth-order valence-corrected chi connectivity index (χ4v) is 7.58. The summed E-state index contributed by atoms with van der Waals surface area (Å²) in [6, 6.07) is 8.02. The van der Waals surface area contributed by atoms with Gasteiger partial charge in [-0.15, -0.1) is 0 Å². The van der Waals surface area contributed by atoms with Gasteiger partial charge in [0.15, 0.2) is 34.0 Å². The van der Waals surface area contributed by atoms with Gasteiger partial charge in [-0.1, -0.05) is 59.7 Å². The lowest BCUT2D eigenvalue weighted by atomic mass is 10.1. The molecule has 1 aromatic carbocycles. The monoisotopic (exact) mass is 737 g/mol. The number of aromatic nitrogens is 4. The number of imidazole rings is 1. The highest BCUT2D eigenvalue weighted by atomic mass is 32.3. The number of nitrogens with zero attached hydrogens (tertiary/aromatic N) is 4. The van der Waals surface area contributed by atoms with Gasteiger partial charge in [0.25, 0.3) is 11.5 Å². The summed E-state index contributed by atoms with van der Waals surface area (Å²) in [5, 5.41) is 1.92. The standard InChI is InChI=1S/C31H47N5O10SSi2/c1-19(37)33-29-34-25-22(27(39)36(29)26(38)20-15-13-12-14-16-20)32-18-35(25)28-24(46-49(10,11)31(5,6)7)23(45-47(40,41)42)21(44-28)17-43-48(8,9)30(2,3)4/h12-16,18,21,23-24,28H,17H2,1-11H3,(H,33,34,37)(H,40,41,42). The second kappa shape index (κ2) is 13.6. The Morgan fingerprint density at radius 1 is 1.00 bits per heavy atom. The van der Waals surface area contributed by atoms with Crippen molar-refractivity contribution in [2.24, 2.45) is 0 Å². The number of carbonyl (C=O) groups is 2. The van der Waals surface area contributed by atoms with Gasteiger partial charge in [-0.2, -0.15) is 13.4 Å². The van der Waals surface area contributed by atoms with E-state index in [1.54, 1.807) is 18.2 Å². The number of nitrogens with one attached hydrogen (secondary N) is 1. The number of ether oxygens (including phenoxy) is 1. The van der Waals surface area contributed by atoms with Crippen molar-refractivity contribution in [2.45, 2.75) is 109 Å². The van der Waals surface area contributed by atoms with Crippen LogP contribution in [0.15, 0.2) is 41.5 Å². The third kappa shape index (κ3) is 8.28. The summed E-state index contributed by atoms with van der Waals surface area (Å²) < 4.78 is 61.5. The van der Waals surface area contributed by atoms with E-state index in [1.807, 2.05) is 47.0 Å². The van der Waals surface area contributed by atoms with Crippen LogP contribution in [0.2, 0.25) is 36.3 Å². The van der Waals surface area contributed by atoms with E-state index in [4.69, 9.17) is 17.8 Å². The Kier molecular flexibility index (Phi) is 10.7. The van der Waals surface area contributed by atoms with Crippen LogP contribution in [0.3, 0.4) is 0 Å². The lowest BCUT2D eigenvalue weighted by molar-refractivity contribution is -0.114. The van der Waals surface area contributed by atoms with E-state index < -0.39 is 68.9 Å². The molecule has 0 saturated carbocycles. The molecule has 2 aromatic heterocycles. The molecule has 3 heterocycles. The van der Waals surface area contributed by atoms with Crippen LogP contribution in [0.25, 0.3) is 11.2 Å². The van der Waals surface area contributed by atoms with E-state index in [0.717, 1.165) is 4.57 Å². The van der Waals surface area contributed by atoms with E-state index >= 15 is 0 Å². The van der Waals surface area contributed by atoms with Gasteiger partial charge in [-0.05, 0) is 48.4 Å². The van der Waals surface area contributed by atoms with Crippen LogP contribution in [-0.4, -0.2) is 85.4 Å². The van der Waals surface area contributed by atoms with Crippen LogP contribution >= 0.6 is 0 Å². The first-order valence-electron chi connectivity index (χ1n) is 15.8. The zero-order valence-electron chi connectivity index (χ0n) is 29.8. The largest absolute Gasteiger partial charge is 0.414 e. The van der Waals surface area contributed by atoms with Gasteiger partial charge in [0.05, 0.1) is 12.9 Å². The molecule has 49 heavy (non-hydrogen) atoms. The summed E-state index contributed by atoms with van der Waals surface area (Å²) in [5.74, 6) is -1.68. The van der Waals surface area contributed by atoms with Crippen molar-refractivity contribution in [1.29, 1.82) is 0 Å². The Hall–Kier alpha value is -3.11. The maximum atomic E-state index is 13.9. The predicted octanol–water partition coefficient (Wildman–Crippen LogP) is 4.74. The molecule has 0 bridgehead atoms. The van der Waals surface area contributed by atoms with Crippen molar-refractivity contribution < 1.29 is 40.3 Å². The Morgan fingerprint density at radius 3 is 2.12 bits per heavy atom. The van der Waals surface area contributed by atoms with Gasteiger partial charge in [0, 0.05) is 12.5 Å². The molecule has 1 amide bonds. The van der Waals surface area contributed by atoms with Crippen LogP contribution in [0.4, 0.5) is 5.95 Å². The average molecular weight is 738 g/mol. The van der Waals surface area contributed by atoms with Gasteiger partial charge in [-0.3, -0.25) is 28.8 Å². The Balaban J connectivity index is 1.92. The van der Waals surface area contributed by atoms with E-state index in [-0.39, 0.29) is 39.4 Å². The number of benzene rings is 1. The molecule has 1 fully saturated rings. The molecule has 1 saturated heterocycles. The number of hydrogen-bond acceptors (Lipinski definition) is 11. The van der Waals surface area contributed by atoms with Gasteiger partial charge < -0.3 is 13.6 Å². The molecule has 2 N–H and O–H groups in total. The lowest BCUT2D eigenvalue weighted by Crippen LogP contribution is -2.50. The first kappa shape index (κ1) is 38.7. The van der Waals surface area contributed by atoms with Crippen molar-refractivity contribution in [2.75, 3.05) is 11.9 Å². The summed E-state index contributed by atoms with van der Waals surface area (Å²) in [4.78, 5) is 48.4. The molecular weight excluding hydrogens is 691 g/mol. The van der Waals surface area contributed by atoms with Gasteiger partial charge >= 0.3 is 10.4 Å². The predicted molar refractivity (Wildman–Crippen MR) is 188 cm³/mol. The highest BCUT2D eigenvalue weighted by Gasteiger charge is 2.54. The zero-order valence-corrected chi connectivity index (χ0v) is 32.6. The van der Waals surface area contributed by atoms with Crippen LogP contribution in [0.5, 0.6) is 0 Å². The molecule has 270 valence electrons. The number of hydrogen-bond donors (Lipinski definition) is 2. The van der Waals surface area contributed by atoms with Gasteiger partial charge in [0.2, 0.25) is 11.9 Å². The summed E-state index contributed by atoms with van der Waals surface area (Å²) in [5.41, 5.74) is -0.976. The van der Waals surface area contributed by atoms with Crippen LogP contribution < -0.4 is 10.9 Å². The molecule has 15 nitrogen and oxygen atoms in total. The Labute approximate surface area is 288 Å². The van der Waals surface area contributed by atoms with Gasteiger partial charge in [0.1, 0.15) is 18.3 Å². The minimum Gasteiger partial charge on any atom is -0.414 e. The van der Waals surface area contributed by atoms with E-state index in [1.165, 1.54) is 30.0 Å². The number of fused-ring (bicyclic) bond motifs is 1. The third-order valence-corrected chi connectivity index (χ3v) is 19.0. The third-order valence-electron chi connectivity index (χ3n) is 9.55. The van der Waals surface area contributed by atoms with Gasteiger partial charge in [-0.25, -0.2) is 13.7 Å². The molecular formula is C31H47N5O10SSi2. The quantitative estimate of drug-likeness (QED) is 0.215. The first-order chi connectivity index (χ1) is 22.3. The number of rotatable bonds is 10. The fraction of sp³-hybridized carbons (Fsp3) is 0.581. The number of amides is 1. The van der Waals surface area contributed by atoms with E-state index in [2.05, 4.69) is 36.1 Å². The molecule has 4 unspecified atom stereocenters. The molecule has 0 aliphatic carbocycles.